The van der Waals surface area contributed by atoms with Crippen molar-refractivity contribution in [3.63, 3.8) is 0 Å². The zero-order chi connectivity index (χ0) is 15.8. The van der Waals surface area contributed by atoms with Crippen molar-refractivity contribution in [2.24, 2.45) is 0 Å². The summed E-state index contributed by atoms with van der Waals surface area (Å²) in [7, 11) is 0. The summed E-state index contributed by atoms with van der Waals surface area (Å²) in [5, 5.41) is 7.10. The lowest BCUT2D eigenvalue weighted by Gasteiger charge is -2.26. The highest BCUT2D eigenvalue weighted by molar-refractivity contribution is 6.42. The normalized spacial score (nSPS) is 15.5. The molecule has 0 spiro atoms. The van der Waals surface area contributed by atoms with Crippen LogP contribution < -0.4 is 10.6 Å². The molecule has 122 valence electrons. The van der Waals surface area contributed by atoms with Crippen molar-refractivity contribution in [3.8, 4) is 0 Å². The highest BCUT2D eigenvalue weighted by atomic mass is 35.5. The molecule has 0 bridgehead atoms. The van der Waals surface area contributed by atoms with Crippen LogP contribution in [0.2, 0.25) is 10.0 Å². The summed E-state index contributed by atoms with van der Waals surface area (Å²) in [6.07, 6.45) is 0.420. The molecule has 1 aromatic carbocycles. The van der Waals surface area contributed by atoms with Crippen LogP contribution in [0.15, 0.2) is 18.2 Å². The molecule has 1 fully saturated rings. The Morgan fingerprint density at radius 3 is 2.68 bits per heavy atom. The summed E-state index contributed by atoms with van der Waals surface area (Å²) in [6.45, 7) is 5.54. The number of benzene rings is 1. The van der Waals surface area contributed by atoms with E-state index in [2.05, 4.69) is 15.5 Å². The van der Waals surface area contributed by atoms with Gasteiger partial charge in [0.05, 0.1) is 23.3 Å². The topological polar surface area (TPSA) is 53.6 Å². The number of nitrogens with one attached hydrogen (secondary N) is 2. The van der Waals surface area contributed by atoms with Gasteiger partial charge in [0.1, 0.15) is 0 Å². The zero-order valence-electron chi connectivity index (χ0n) is 12.4. The quantitative estimate of drug-likeness (QED) is 0.795. The van der Waals surface area contributed by atoms with E-state index in [0.717, 1.165) is 38.5 Å². The Labute approximate surface area is 140 Å². The third-order valence-corrected chi connectivity index (χ3v) is 4.19. The zero-order valence-corrected chi connectivity index (χ0v) is 13.9. The van der Waals surface area contributed by atoms with Gasteiger partial charge in [-0.2, -0.15) is 0 Å². The van der Waals surface area contributed by atoms with Gasteiger partial charge in [0, 0.05) is 44.8 Å². The molecule has 1 aliphatic heterocycles. The fourth-order valence-electron chi connectivity index (χ4n) is 2.19. The van der Waals surface area contributed by atoms with Crippen molar-refractivity contribution in [1.29, 1.82) is 0 Å². The van der Waals surface area contributed by atoms with Crippen LogP contribution in [0.5, 0.6) is 0 Å². The largest absolute Gasteiger partial charge is 0.384 e. The number of carbonyl (C=O) groups is 1. The molecule has 22 heavy (non-hydrogen) atoms. The molecule has 1 aliphatic rings. The van der Waals surface area contributed by atoms with Gasteiger partial charge < -0.3 is 15.4 Å². The fraction of sp³-hybridized carbons (Fsp3) is 0.533. The van der Waals surface area contributed by atoms with Gasteiger partial charge in [-0.1, -0.05) is 23.2 Å². The van der Waals surface area contributed by atoms with Crippen molar-refractivity contribution in [2.75, 3.05) is 51.3 Å². The summed E-state index contributed by atoms with van der Waals surface area (Å²) in [5.41, 5.74) is 0.857. The van der Waals surface area contributed by atoms with E-state index in [1.54, 1.807) is 12.1 Å². The van der Waals surface area contributed by atoms with E-state index in [-0.39, 0.29) is 5.91 Å². The number of morpholine rings is 1. The van der Waals surface area contributed by atoms with Gasteiger partial charge in [0.15, 0.2) is 0 Å². The Hall–Kier alpha value is -1.01. The van der Waals surface area contributed by atoms with Crippen LogP contribution in [0.3, 0.4) is 0 Å². The lowest BCUT2D eigenvalue weighted by Crippen LogP contribution is -2.41. The molecule has 2 N–H and O–H groups in total. The average molecular weight is 346 g/mol. The van der Waals surface area contributed by atoms with Crippen molar-refractivity contribution in [1.82, 2.24) is 10.2 Å². The van der Waals surface area contributed by atoms with Crippen LogP contribution in [0, 0.1) is 0 Å². The van der Waals surface area contributed by atoms with Crippen LogP contribution in [-0.2, 0) is 9.53 Å². The minimum Gasteiger partial charge on any atom is -0.384 e. The molecular weight excluding hydrogens is 325 g/mol. The number of carbonyl (C=O) groups excluding carboxylic acids is 1. The summed E-state index contributed by atoms with van der Waals surface area (Å²) < 4.78 is 5.28. The molecule has 1 aromatic rings. The lowest BCUT2D eigenvalue weighted by atomic mass is 10.3. The van der Waals surface area contributed by atoms with Gasteiger partial charge in [0.2, 0.25) is 5.91 Å². The van der Waals surface area contributed by atoms with E-state index in [4.69, 9.17) is 27.9 Å². The molecule has 1 saturated heterocycles. The number of amides is 1. The van der Waals surface area contributed by atoms with Gasteiger partial charge in [-0.05, 0) is 18.2 Å². The Balaban J connectivity index is 1.58. The number of ether oxygens (including phenoxy) is 1. The molecule has 0 aliphatic carbocycles. The minimum absolute atomic E-state index is 0.0424. The number of rotatable bonds is 7. The van der Waals surface area contributed by atoms with Crippen LogP contribution in [-0.4, -0.2) is 56.7 Å². The number of anilines is 1. The third kappa shape index (κ3) is 6.01. The second-order valence-electron chi connectivity index (χ2n) is 5.11. The van der Waals surface area contributed by atoms with Gasteiger partial charge in [-0.15, -0.1) is 0 Å². The summed E-state index contributed by atoms with van der Waals surface area (Å²) >= 11 is 11.8. The van der Waals surface area contributed by atoms with Crippen LogP contribution in [0.1, 0.15) is 6.42 Å². The second kappa shape index (κ2) is 9.20. The Morgan fingerprint density at radius 1 is 1.18 bits per heavy atom. The van der Waals surface area contributed by atoms with Crippen molar-refractivity contribution < 1.29 is 9.53 Å². The van der Waals surface area contributed by atoms with E-state index < -0.39 is 0 Å². The molecule has 0 atom stereocenters. The summed E-state index contributed by atoms with van der Waals surface area (Å²) in [6, 6.07) is 5.32. The van der Waals surface area contributed by atoms with E-state index in [9.17, 15) is 4.79 Å². The molecule has 7 heteroatoms. The first-order chi connectivity index (χ1) is 10.6. The molecule has 2 rings (SSSR count). The Kier molecular flexibility index (Phi) is 7.25. The Bertz CT molecular complexity index is 494. The highest BCUT2D eigenvalue weighted by Gasteiger charge is 2.10. The molecule has 1 amide bonds. The van der Waals surface area contributed by atoms with Crippen molar-refractivity contribution in [3.05, 3.63) is 28.2 Å². The summed E-state index contributed by atoms with van der Waals surface area (Å²) in [5.74, 6) is 0.0424. The number of hydrogen-bond acceptors (Lipinski definition) is 4. The molecular formula is C15H21Cl2N3O2. The first kappa shape index (κ1) is 17.3. The Morgan fingerprint density at radius 2 is 1.95 bits per heavy atom. The molecule has 0 unspecified atom stereocenters. The van der Waals surface area contributed by atoms with Crippen LogP contribution in [0.25, 0.3) is 0 Å². The molecule has 5 nitrogen and oxygen atoms in total. The average Bonchev–Trinajstić information content (AvgIpc) is 2.52. The monoisotopic (exact) mass is 345 g/mol. The van der Waals surface area contributed by atoms with Crippen LogP contribution >= 0.6 is 23.2 Å². The maximum atomic E-state index is 11.8. The minimum atomic E-state index is 0.0424. The highest BCUT2D eigenvalue weighted by Crippen LogP contribution is 2.24. The SMILES string of the molecule is O=C(CCNc1ccc(Cl)c(Cl)c1)NCCN1CCOCC1. The molecule has 0 aromatic heterocycles. The van der Waals surface area contributed by atoms with E-state index in [0.29, 0.717) is 29.6 Å². The van der Waals surface area contributed by atoms with Gasteiger partial charge in [-0.25, -0.2) is 0 Å². The second-order valence-corrected chi connectivity index (χ2v) is 5.92. The first-order valence-electron chi connectivity index (χ1n) is 7.41. The van der Waals surface area contributed by atoms with E-state index >= 15 is 0 Å². The summed E-state index contributed by atoms with van der Waals surface area (Å²) in [4.78, 5) is 14.0. The number of halogens is 2. The van der Waals surface area contributed by atoms with Gasteiger partial charge in [-0.3, -0.25) is 9.69 Å². The fourth-order valence-corrected chi connectivity index (χ4v) is 2.49. The van der Waals surface area contributed by atoms with Crippen molar-refractivity contribution >= 4 is 34.8 Å². The van der Waals surface area contributed by atoms with Gasteiger partial charge >= 0.3 is 0 Å². The van der Waals surface area contributed by atoms with Crippen LogP contribution in [0.4, 0.5) is 5.69 Å². The van der Waals surface area contributed by atoms with Gasteiger partial charge in [0.25, 0.3) is 0 Å². The lowest BCUT2D eigenvalue weighted by molar-refractivity contribution is -0.120. The number of nitrogens with zero attached hydrogens (tertiary/aromatic N) is 1. The van der Waals surface area contributed by atoms with E-state index in [1.807, 2.05) is 6.07 Å². The smallest absolute Gasteiger partial charge is 0.221 e. The maximum Gasteiger partial charge on any atom is 0.221 e. The van der Waals surface area contributed by atoms with Crippen molar-refractivity contribution in [2.45, 2.75) is 6.42 Å². The predicted octanol–water partition coefficient (Wildman–Crippen LogP) is 2.24. The predicted molar refractivity (Wildman–Crippen MR) is 89.8 cm³/mol. The van der Waals surface area contributed by atoms with E-state index in [1.165, 1.54) is 0 Å². The molecule has 0 saturated carbocycles. The third-order valence-electron chi connectivity index (χ3n) is 3.45. The molecule has 1 heterocycles. The number of hydrogen-bond donors (Lipinski definition) is 2. The first-order valence-corrected chi connectivity index (χ1v) is 8.16. The standard InChI is InChI=1S/C15H21Cl2N3O2/c16-13-2-1-12(11-14(13)17)18-4-3-15(21)19-5-6-20-7-9-22-10-8-20/h1-2,11,18H,3-10H2,(H,19,21). The maximum absolute atomic E-state index is 11.8. The molecule has 0 radical (unpaired) electrons.